The summed E-state index contributed by atoms with van der Waals surface area (Å²) in [6.45, 7) is 0.681. The van der Waals surface area contributed by atoms with E-state index in [4.69, 9.17) is 4.74 Å². The molecule has 0 spiro atoms. The van der Waals surface area contributed by atoms with Crippen molar-refractivity contribution in [2.24, 2.45) is 0 Å². The molecule has 3 amide bonds. The molecule has 1 fully saturated rings. The normalized spacial score (nSPS) is 13.3. The summed E-state index contributed by atoms with van der Waals surface area (Å²) in [7, 11) is 0. The summed E-state index contributed by atoms with van der Waals surface area (Å²) >= 11 is 1.44. The van der Waals surface area contributed by atoms with E-state index in [0.29, 0.717) is 23.8 Å². The molecule has 0 aliphatic carbocycles. The number of ether oxygens (including phenoxy) is 1. The van der Waals surface area contributed by atoms with Crippen LogP contribution < -0.4 is 20.3 Å². The van der Waals surface area contributed by atoms with E-state index in [1.54, 1.807) is 35.5 Å². The van der Waals surface area contributed by atoms with E-state index in [0.717, 1.165) is 29.0 Å². The number of hydrogen-bond acceptors (Lipinski definition) is 8. The number of carbonyl (C=O) groups is 2. The Morgan fingerprint density at radius 2 is 1.79 bits per heavy atom. The lowest BCUT2D eigenvalue weighted by atomic mass is 10.1. The number of nitrogens with zero attached hydrogens (tertiary/aromatic N) is 6. The van der Waals surface area contributed by atoms with Crippen molar-refractivity contribution < 1.29 is 27.5 Å². The average Bonchev–Trinajstić information content (AvgIpc) is 3.77. The number of benzene rings is 2. The van der Waals surface area contributed by atoms with Crippen LogP contribution in [0.15, 0.2) is 79.5 Å². The first-order valence-corrected chi connectivity index (χ1v) is 13.7. The number of aromatic nitrogens is 5. The minimum Gasteiger partial charge on any atom is -0.424 e. The maximum absolute atomic E-state index is 13.3. The summed E-state index contributed by atoms with van der Waals surface area (Å²) in [6.07, 6.45) is 4.12. The van der Waals surface area contributed by atoms with Crippen molar-refractivity contribution in [1.82, 2.24) is 24.7 Å². The zero-order valence-corrected chi connectivity index (χ0v) is 22.9. The second-order valence-corrected chi connectivity index (χ2v) is 10.3. The molecule has 2 aromatic carbocycles. The molecule has 5 aromatic rings. The molecule has 6 rings (SSSR count). The van der Waals surface area contributed by atoms with E-state index in [-0.39, 0.29) is 29.0 Å². The van der Waals surface area contributed by atoms with Gasteiger partial charge in [0.25, 0.3) is 0 Å². The molecule has 0 unspecified atom stereocenters. The Bertz CT molecular complexity index is 1760. The maximum Gasteiger partial charge on any atom is 0.416 e. The maximum atomic E-state index is 13.3. The van der Waals surface area contributed by atoms with Gasteiger partial charge in [0.1, 0.15) is 5.75 Å². The Labute approximate surface area is 246 Å². The molecule has 3 aromatic heterocycles. The highest BCUT2D eigenvalue weighted by atomic mass is 32.1. The number of alkyl halides is 3. The SMILES string of the molecule is O=C(Nc1cnc(Oc2ccc(-c3cnc(N4CCCC4=O)s3)cc2)nc1)Nc1cc(C(F)(F)F)ccc1-n1cccn1. The second-order valence-electron chi connectivity index (χ2n) is 9.30. The monoisotopic (exact) mass is 606 g/mol. The Balaban J connectivity index is 1.08. The molecule has 43 heavy (non-hydrogen) atoms. The molecule has 11 nitrogen and oxygen atoms in total. The first-order chi connectivity index (χ1) is 20.7. The number of nitrogens with one attached hydrogen (secondary N) is 2. The van der Waals surface area contributed by atoms with Crippen LogP contribution >= 0.6 is 11.3 Å². The first kappa shape index (κ1) is 27.8. The fraction of sp³-hybridized carbons (Fsp3) is 0.143. The summed E-state index contributed by atoms with van der Waals surface area (Å²) in [4.78, 5) is 39.8. The van der Waals surface area contributed by atoms with Crippen LogP contribution in [0.4, 0.5) is 34.5 Å². The van der Waals surface area contributed by atoms with Crippen LogP contribution in [0.3, 0.4) is 0 Å². The molecular weight excluding hydrogens is 585 g/mol. The Morgan fingerprint density at radius 1 is 1.00 bits per heavy atom. The highest BCUT2D eigenvalue weighted by molar-refractivity contribution is 7.19. The predicted molar refractivity (Wildman–Crippen MR) is 152 cm³/mol. The third-order valence-electron chi connectivity index (χ3n) is 6.36. The molecule has 1 aliphatic heterocycles. The van der Waals surface area contributed by atoms with E-state index < -0.39 is 17.8 Å². The molecule has 0 atom stereocenters. The zero-order chi connectivity index (χ0) is 30.0. The van der Waals surface area contributed by atoms with E-state index in [1.807, 2.05) is 12.1 Å². The summed E-state index contributed by atoms with van der Waals surface area (Å²) < 4.78 is 46.9. The lowest BCUT2D eigenvalue weighted by Crippen LogP contribution is -2.23. The number of thiazole rings is 1. The predicted octanol–water partition coefficient (Wildman–Crippen LogP) is 6.37. The third-order valence-corrected chi connectivity index (χ3v) is 7.42. The van der Waals surface area contributed by atoms with Gasteiger partial charge < -0.3 is 15.4 Å². The summed E-state index contributed by atoms with van der Waals surface area (Å²) in [6, 6.07) is 11.0. The van der Waals surface area contributed by atoms with E-state index in [2.05, 4.69) is 30.7 Å². The number of carbonyl (C=O) groups excluding carboxylic acids is 2. The smallest absolute Gasteiger partial charge is 0.416 e. The summed E-state index contributed by atoms with van der Waals surface area (Å²) in [5, 5.41) is 9.63. The molecule has 1 saturated heterocycles. The minimum absolute atomic E-state index is 0.0187. The third kappa shape index (κ3) is 6.30. The number of rotatable bonds is 7. The van der Waals surface area contributed by atoms with E-state index in [9.17, 15) is 22.8 Å². The van der Waals surface area contributed by atoms with Gasteiger partial charge in [0, 0.05) is 31.6 Å². The largest absolute Gasteiger partial charge is 0.424 e. The van der Waals surface area contributed by atoms with Crippen LogP contribution in [0.2, 0.25) is 0 Å². The molecule has 4 heterocycles. The lowest BCUT2D eigenvalue weighted by Gasteiger charge is -2.15. The van der Waals surface area contributed by atoms with Gasteiger partial charge in [0.2, 0.25) is 5.91 Å². The van der Waals surface area contributed by atoms with Gasteiger partial charge in [-0.05, 0) is 60.5 Å². The number of halogens is 3. The zero-order valence-electron chi connectivity index (χ0n) is 22.1. The molecule has 218 valence electrons. The van der Waals surface area contributed by atoms with Crippen molar-refractivity contribution in [3.63, 3.8) is 0 Å². The Hall–Kier alpha value is -5.31. The second kappa shape index (κ2) is 11.5. The number of amides is 3. The van der Waals surface area contributed by atoms with Crippen LogP contribution in [-0.2, 0) is 11.0 Å². The molecular formula is C28H21F3N8O3S. The number of urea groups is 1. The summed E-state index contributed by atoms with van der Waals surface area (Å²) in [5.41, 5.74) is 0.319. The van der Waals surface area contributed by atoms with Gasteiger partial charge in [0.05, 0.1) is 39.9 Å². The van der Waals surface area contributed by atoms with Crippen molar-refractivity contribution >= 4 is 39.8 Å². The Kier molecular flexibility index (Phi) is 7.46. The van der Waals surface area contributed by atoms with Crippen molar-refractivity contribution in [3.8, 4) is 27.9 Å². The topological polar surface area (TPSA) is 127 Å². The highest BCUT2D eigenvalue weighted by Gasteiger charge is 2.31. The van der Waals surface area contributed by atoms with Gasteiger partial charge in [-0.3, -0.25) is 9.69 Å². The highest BCUT2D eigenvalue weighted by Crippen LogP contribution is 2.35. The van der Waals surface area contributed by atoms with Crippen LogP contribution in [0.1, 0.15) is 18.4 Å². The fourth-order valence-corrected chi connectivity index (χ4v) is 5.27. The van der Waals surface area contributed by atoms with Crippen molar-refractivity contribution in [2.45, 2.75) is 19.0 Å². The molecule has 1 aliphatic rings. The van der Waals surface area contributed by atoms with Gasteiger partial charge >= 0.3 is 18.2 Å². The number of hydrogen-bond donors (Lipinski definition) is 2. The average molecular weight is 607 g/mol. The summed E-state index contributed by atoms with van der Waals surface area (Å²) in [5.74, 6) is 0.555. The standard InChI is InChI=1S/C28H21F3N8O3S/c29-28(30,31)18-6-9-22(39-12-2-10-35-39)21(13-18)37-25(41)36-19-14-32-26(33-15-19)42-20-7-4-17(5-8-20)23-16-34-27(43-23)38-11-1-3-24(38)40/h2,4-10,12-16H,1,3,11H2,(H2,36,37,41). The van der Waals surface area contributed by atoms with Crippen molar-refractivity contribution in [2.75, 3.05) is 22.1 Å². The van der Waals surface area contributed by atoms with Crippen LogP contribution in [-0.4, -0.2) is 43.2 Å². The molecule has 2 N–H and O–H groups in total. The van der Waals surface area contributed by atoms with Crippen LogP contribution in [0.25, 0.3) is 16.1 Å². The van der Waals surface area contributed by atoms with Crippen LogP contribution in [0, 0.1) is 0 Å². The molecule has 0 saturated carbocycles. The van der Waals surface area contributed by atoms with Gasteiger partial charge in [0.15, 0.2) is 5.13 Å². The van der Waals surface area contributed by atoms with Crippen molar-refractivity contribution in [3.05, 3.63) is 85.1 Å². The fourth-order valence-electron chi connectivity index (χ4n) is 4.31. The molecule has 15 heteroatoms. The molecule has 0 bridgehead atoms. The van der Waals surface area contributed by atoms with Gasteiger partial charge in [-0.15, -0.1) is 0 Å². The first-order valence-electron chi connectivity index (χ1n) is 12.9. The van der Waals surface area contributed by atoms with E-state index in [1.165, 1.54) is 40.7 Å². The van der Waals surface area contributed by atoms with Gasteiger partial charge in [-0.1, -0.05) is 11.3 Å². The van der Waals surface area contributed by atoms with Crippen LogP contribution in [0.5, 0.6) is 11.8 Å². The molecule has 0 radical (unpaired) electrons. The number of anilines is 3. The van der Waals surface area contributed by atoms with Crippen molar-refractivity contribution in [1.29, 1.82) is 0 Å². The minimum atomic E-state index is -4.60. The lowest BCUT2D eigenvalue weighted by molar-refractivity contribution is -0.137. The quantitative estimate of drug-likeness (QED) is 0.221. The Morgan fingerprint density at radius 3 is 2.47 bits per heavy atom. The van der Waals surface area contributed by atoms with Gasteiger partial charge in [-0.25, -0.2) is 24.4 Å². The van der Waals surface area contributed by atoms with E-state index >= 15 is 0 Å². The van der Waals surface area contributed by atoms with Gasteiger partial charge in [-0.2, -0.15) is 18.3 Å².